The fourth-order valence-electron chi connectivity index (χ4n) is 5.63. The predicted molar refractivity (Wildman–Crippen MR) is 176 cm³/mol. The van der Waals surface area contributed by atoms with Crippen molar-refractivity contribution in [3.05, 3.63) is 40.0 Å². The van der Waals surface area contributed by atoms with Gasteiger partial charge < -0.3 is 35.8 Å². The molecule has 254 valence electrons. The number of aliphatic hydroxyl groups excluding tert-OH is 1. The van der Waals surface area contributed by atoms with E-state index in [0.29, 0.717) is 17.5 Å². The van der Waals surface area contributed by atoms with E-state index < -0.39 is 35.6 Å². The lowest BCUT2D eigenvalue weighted by Gasteiger charge is -2.35. The number of ether oxygens (including phenoxy) is 1. The highest BCUT2D eigenvalue weighted by molar-refractivity contribution is 7.13. The van der Waals surface area contributed by atoms with Gasteiger partial charge >= 0.3 is 0 Å². The first-order valence-corrected chi connectivity index (χ1v) is 16.7. The van der Waals surface area contributed by atoms with Gasteiger partial charge in [-0.2, -0.15) is 0 Å². The number of carbonyl (C=O) groups is 4. The summed E-state index contributed by atoms with van der Waals surface area (Å²) >= 11 is 8.13. The van der Waals surface area contributed by atoms with Crippen LogP contribution in [0.1, 0.15) is 64.3 Å². The minimum Gasteiger partial charge on any atom is -0.483 e. The van der Waals surface area contributed by atoms with Gasteiger partial charge in [0.1, 0.15) is 18.7 Å². The molecule has 2 aliphatic heterocycles. The van der Waals surface area contributed by atoms with Crippen LogP contribution in [-0.2, 0) is 23.9 Å². The number of piperidine rings is 1. The number of likely N-dealkylation sites (tertiary alicyclic amines) is 1. The summed E-state index contributed by atoms with van der Waals surface area (Å²) in [5, 5.41) is 27.1. The van der Waals surface area contributed by atoms with Gasteiger partial charge in [-0.05, 0) is 62.7 Å². The predicted octanol–water partition coefficient (Wildman–Crippen LogP) is 3.16. The SMILES string of the molecule is Cc1ncsc1-c1ccc([C@H](C)NC(=O)[C@@H]2C[C@@H](O)CN2C(=O)[C@@H](NC(=O)COCC2CCNCC2)C(C)(C)C)cc1Cl.O=CO. The molecule has 2 saturated heterocycles. The zero-order chi connectivity index (χ0) is 34.0. The molecule has 4 atom stereocenters. The maximum absolute atomic E-state index is 13.8. The van der Waals surface area contributed by atoms with Gasteiger partial charge in [0.25, 0.3) is 6.47 Å². The molecule has 2 aliphatic rings. The highest BCUT2D eigenvalue weighted by Gasteiger charge is 2.44. The summed E-state index contributed by atoms with van der Waals surface area (Å²) in [7, 11) is 0. The second-order valence-electron chi connectivity index (χ2n) is 12.8. The minimum absolute atomic E-state index is 0.00862. The molecule has 1 aromatic heterocycles. The average Bonchev–Trinajstić information content (AvgIpc) is 3.61. The number of aryl methyl sites for hydroxylation is 1. The summed E-state index contributed by atoms with van der Waals surface area (Å²) < 4.78 is 5.68. The van der Waals surface area contributed by atoms with Crippen molar-refractivity contribution < 1.29 is 34.1 Å². The standard InChI is InChI=1S/C31H44ClN5O5S.CH2O2/c1-18(21-6-7-23(24(32)12-21)27-19(2)34-17-43-27)35-29(40)25-13-22(38)14-37(25)30(41)28(31(3,4)5)36-26(39)16-42-15-20-8-10-33-11-9-20;2-1-3/h6-7,12,17-18,20,22,25,28,33,38H,8-11,13-16H2,1-5H3,(H,35,40)(H,36,39);1H,(H,2,3)/t18-,22+,25-,28+;/m0./s1. The monoisotopic (exact) mass is 679 g/mol. The van der Waals surface area contributed by atoms with Crippen LogP contribution in [0.5, 0.6) is 0 Å². The van der Waals surface area contributed by atoms with Crippen LogP contribution in [0.4, 0.5) is 0 Å². The molecule has 0 saturated carbocycles. The van der Waals surface area contributed by atoms with Gasteiger partial charge in [-0.15, -0.1) is 11.3 Å². The molecule has 2 fully saturated rings. The molecule has 3 amide bonds. The van der Waals surface area contributed by atoms with E-state index >= 15 is 0 Å². The lowest BCUT2D eigenvalue weighted by atomic mass is 9.85. The fourth-order valence-corrected chi connectivity index (χ4v) is 6.81. The molecule has 1 aromatic carbocycles. The zero-order valence-corrected chi connectivity index (χ0v) is 28.6. The van der Waals surface area contributed by atoms with Gasteiger partial charge in [0.2, 0.25) is 17.7 Å². The number of aliphatic hydroxyl groups is 1. The molecule has 3 heterocycles. The van der Waals surface area contributed by atoms with Crippen LogP contribution in [-0.4, -0.2) is 95.3 Å². The smallest absolute Gasteiger partial charge is 0.290 e. The molecule has 5 N–H and O–H groups in total. The van der Waals surface area contributed by atoms with Crippen molar-refractivity contribution in [1.82, 2.24) is 25.8 Å². The number of rotatable bonds is 10. The largest absolute Gasteiger partial charge is 0.483 e. The molecule has 0 aliphatic carbocycles. The second kappa shape index (κ2) is 17.2. The number of nitrogens with one attached hydrogen (secondary N) is 3. The number of hydrogen-bond donors (Lipinski definition) is 5. The van der Waals surface area contributed by atoms with Gasteiger partial charge in [0.05, 0.1) is 34.8 Å². The van der Waals surface area contributed by atoms with Crippen molar-refractivity contribution in [3.8, 4) is 10.4 Å². The minimum atomic E-state index is -0.901. The van der Waals surface area contributed by atoms with Crippen LogP contribution in [0.3, 0.4) is 0 Å². The van der Waals surface area contributed by atoms with Crippen LogP contribution in [0.15, 0.2) is 23.7 Å². The van der Waals surface area contributed by atoms with Crippen LogP contribution < -0.4 is 16.0 Å². The van der Waals surface area contributed by atoms with Crippen LogP contribution >= 0.6 is 22.9 Å². The number of benzene rings is 1. The number of carboxylic acid groups (broad SMARTS) is 1. The van der Waals surface area contributed by atoms with E-state index in [-0.39, 0.29) is 37.9 Å². The fraction of sp³-hybridized carbons (Fsp3) is 0.594. The molecule has 0 spiro atoms. The van der Waals surface area contributed by atoms with Crippen molar-refractivity contribution in [3.63, 3.8) is 0 Å². The molecular weight excluding hydrogens is 634 g/mol. The Morgan fingerprint density at radius 3 is 2.50 bits per heavy atom. The second-order valence-corrected chi connectivity index (χ2v) is 14.1. The summed E-state index contributed by atoms with van der Waals surface area (Å²) in [5.74, 6) is -0.750. The molecule has 0 bridgehead atoms. The first kappa shape index (κ1) is 37.4. The molecule has 0 unspecified atom stereocenters. The first-order valence-electron chi connectivity index (χ1n) is 15.4. The Hall–Kier alpha value is -3.10. The Morgan fingerprint density at radius 2 is 1.91 bits per heavy atom. The van der Waals surface area contributed by atoms with Crippen molar-refractivity contribution in [2.45, 2.75) is 78.1 Å². The van der Waals surface area contributed by atoms with E-state index in [4.69, 9.17) is 26.2 Å². The Bertz CT molecular complexity index is 1340. The van der Waals surface area contributed by atoms with Crippen LogP contribution in [0.2, 0.25) is 5.02 Å². The van der Waals surface area contributed by atoms with E-state index in [1.807, 2.05) is 52.8 Å². The maximum Gasteiger partial charge on any atom is 0.290 e. The van der Waals surface area contributed by atoms with Gasteiger partial charge in [-0.25, -0.2) is 4.98 Å². The van der Waals surface area contributed by atoms with Crippen molar-refractivity contribution in [2.24, 2.45) is 11.3 Å². The number of amides is 3. The van der Waals surface area contributed by atoms with Gasteiger partial charge in [0.15, 0.2) is 0 Å². The Labute approximate surface area is 279 Å². The van der Waals surface area contributed by atoms with E-state index in [0.717, 1.165) is 47.6 Å². The van der Waals surface area contributed by atoms with Crippen molar-refractivity contribution >= 4 is 47.1 Å². The number of β-amino-alcohol motifs (C(OH)–C–C–N with tert-alkyl or cyclic N) is 1. The Kier molecular flexibility index (Phi) is 13.9. The first-order chi connectivity index (χ1) is 21.8. The molecular formula is C32H46ClN5O7S. The van der Waals surface area contributed by atoms with Gasteiger partial charge in [0, 0.05) is 23.6 Å². The molecule has 2 aromatic rings. The van der Waals surface area contributed by atoms with Crippen LogP contribution in [0.25, 0.3) is 10.4 Å². The number of nitrogens with zero attached hydrogens (tertiary/aromatic N) is 2. The average molecular weight is 680 g/mol. The van der Waals surface area contributed by atoms with E-state index in [1.54, 1.807) is 5.51 Å². The quantitative estimate of drug-likeness (QED) is 0.237. The van der Waals surface area contributed by atoms with Crippen molar-refractivity contribution in [1.29, 1.82) is 0 Å². The lowest BCUT2D eigenvalue weighted by molar-refractivity contribution is -0.144. The molecule has 14 heteroatoms. The summed E-state index contributed by atoms with van der Waals surface area (Å²) in [6.45, 7) is 11.4. The highest BCUT2D eigenvalue weighted by atomic mass is 35.5. The third kappa shape index (κ3) is 10.2. The lowest BCUT2D eigenvalue weighted by Crippen LogP contribution is -2.58. The summed E-state index contributed by atoms with van der Waals surface area (Å²) in [5.41, 5.74) is 3.73. The molecule has 4 rings (SSSR count). The number of halogens is 1. The van der Waals surface area contributed by atoms with Gasteiger partial charge in [-0.3, -0.25) is 19.2 Å². The number of hydrogen-bond acceptors (Lipinski definition) is 9. The topological polar surface area (TPSA) is 170 Å². The number of aromatic nitrogens is 1. The van der Waals surface area contributed by atoms with E-state index in [9.17, 15) is 19.5 Å². The maximum atomic E-state index is 13.8. The van der Waals surface area contributed by atoms with Crippen LogP contribution in [0, 0.1) is 18.3 Å². The van der Waals surface area contributed by atoms with Gasteiger partial charge in [-0.1, -0.05) is 44.5 Å². The molecule has 0 radical (unpaired) electrons. The third-order valence-electron chi connectivity index (χ3n) is 8.17. The normalized spacial score (nSPS) is 19.8. The highest BCUT2D eigenvalue weighted by Crippen LogP contribution is 2.35. The Morgan fingerprint density at radius 1 is 1.24 bits per heavy atom. The van der Waals surface area contributed by atoms with E-state index in [2.05, 4.69) is 20.9 Å². The Balaban J connectivity index is 0.00000185. The summed E-state index contributed by atoms with van der Waals surface area (Å²) in [6, 6.07) is 3.48. The third-order valence-corrected chi connectivity index (χ3v) is 9.45. The summed E-state index contributed by atoms with van der Waals surface area (Å²) in [6.07, 6.45) is 1.28. The summed E-state index contributed by atoms with van der Waals surface area (Å²) in [4.78, 5) is 55.2. The number of thiazole rings is 1. The van der Waals surface area contributed by atoms with Crippen molar-refractivity contribution in [2.75, 3.05) is 32.8 Å². The molecule has 12 nitrogen and oxygen atoms in total. The molecule has 46 heavy (non-hydrogen) atoms. The number of carbonyl (C=O) groups excluding carboxylic acids is 3. The zero-order valence-electron chi connectivity index (χ0n) is 27.0. The van der Waals surface area contributed by atoms with E-state index in [1.165, 1.54) is 16.2 Å².